The first-order valence-electron chi connectivity index (χ1n) is 4.03. The maximum Gasteiger partial charge on any atom is 0.322 e. The zero-order valence-electron chi connectivity index (χ0n) is 7.70. The van der Waals surface area contributed by atoms with Crippen LogP contribution in [-0.2, 0) is 15.4 Å². The summed E-state index contributed by atoms with van der Waals surface area (Å²) >= 11 is 3.45. The van der Waals surface area contributed by atoms with Gasteiger partial charge in [-0.1, -0.05) is 29.3 Å². The first-order valence-corrected chi connectivity index (χ1v) is 4.40. The summed E-state index contributed by atoms with van der Waals surface area (Å²) in [5.41, 5.74) is 3.28. The van der Waals surface area contributed by atoms with Crippen LogP contribution in [0, 0.1) is 13.8 Å². The standard InChI is InChI=1S/C10H12O2S/c1-7-3-8(2)5-9(4-7)6-10(11)12-13/h3-5,13H,6H2,1-2H3. The number of hydrogen-bond donors (Lipinski definition) is 1. The molecule has 0 radical (unpaired) electrons. The number of hydrogen-bond acceptors (Lipinski definition) is 3. The monoisotopic (exact) mass is 196 g/mol. The summed E-state index contributed by atoms with van der Waals surface area (Å²) in [5, 5.41) is 0. The van der Waals surface area contributed by atoms with Crippen LogP contribution in [-0.4, -0.2) is 5.97 Å². The smallest absolute Gasteiger partial charge is 0.322 e. The molecule has 1 rings (SSSR count). The van der Waals surface area contributed by atoms with E-state index in [1.807, 2.05) is 26.0 Å². The molecular weight excluding hydrogens is 184 g/mol. The molecule has 0 bridgehead atoms. The van der Waals surface area contributed by atoms with Crippen molar-refractivity contribution in [3.63, 3.8) is 0 Å². The maximum atomic E-state index is 10.9. The molecule has 1 aromatic carbocycles. The molecule has 70 valence electrons. The van der Waals surface area contributed by atoms with Crippen LogP contribution >= 0.6 is 12.9 Å². The second-order valence-corrected chi connectivity index (χ2v) is 3.32. The minimum absolute atomic E-state index is 0.284. The highest BCUT2D eigenvalue weighted by Crippen LogP contribution is 2.10. The van der Waals surface area contributed by atoms with Gasteiger partial charge in [0.25, 0.3) is 0 Å². The molecule has 0 fully saturated rings. The van der Waals surface area contributed by atoms with E-state index in [0.29, 0.717) is 0 Å². The van der Waals surface area contributed by atoms with Crippen LogP contribution in [0.1, 0.15) is 16.7 Å². The predicted octanol–water partition coefficient (Wildman–Crippen LogP) is 2.23. The normalized spacial score (nSPS) is 9.77. The van der Waals surface area contributed by atoms with Crippen molar-refractivity contribution in [2.75, 3.05) is 0 Å². The lowest BCUT2D eigenvalue weighted by atomic mass is 10.1. The third-order valence-electron chi connectivity index (χ3n) is 1.73. The van der Waals surface area contributed by atoms with Crippen LogP contribution < -0.4 is 0 Å². The number of rotatable bonds is 2. The van der Waals surface area contributed by atoms with Crippen LogP contribution in [0.3, 0.4) is 0 Å². The van der Waals surface area contributed by atoms with E-state index < -0.39 is 0 Å². The summed E-state index contributed by atoms with van der Waals surface area (Å²) in [5.74, 6) is -0.326. The quantitative estimate of drug-likeness (QED) is 0.580. The van der Waals surface area contributed by atoms with Crippen molar-refractivity contribution in [1.82, 2.24) is 0 Å². The first-order chi connectivity index (χ1) is 6.11. The topological polar surface area (TPSA) is 26.3 Å². The van der Waals surface area contributed by atoms with Gasteiger partial charge in [-0.05, 0) is 19.4 Å². The van der Waals surface area contributed by atoms with Crippen molar-refractivity contribution in [2.24, 2.45) is 0 Å². The fourth-order valence-electron chi connectivity index (χ4n) is 1.37. The van der Waals surface area contributed by atoms with E-state index in [4.69, 9.17) is 0 Å². The lowest BCUT2D eigenvalue weighted by molar-refractivity contribution is -0.132. The van der Waals surface area contributed by atoms with Crippen molar-refractivity contribution in [3.8, 4) is 0 Å². The molecule has 0 amide bonds. The van der Waals surface area contributed by atoms with Crippen molar-refractivity contribution in [3.05, 3.63) is 34.9 Å². The van der Waals surface area contributed by atoms with Crippen molar-refractivity contribution < 1.29 is 8.98 Å². The van der Waals surface area contributed by atoms with Gasteiger partial charge >= 0.3 is 5.97 Å². The Kier molecular flexibility index (Phi) is 3.37. The summed E-state index contributed by atoms with van der Waals surface area (Å²) in [6, 6.07) is 6.00. The molecule has 1 aromatic rings. The van der Waals surface area contributed by atoms with E-state index in [1.165, 1.54) is 0 Å². The molecule has 0 unspecified atom stereocenters. The maximum absolute atomic E-state index is 10.9. The minimum Gasteiger partial charge on any atom is -0.394 e. The molecule has 0 aromatic heterocycles. The van der Waals surface area contributed by atoms with Crippen molar-refractivity contribution in [2.45, 2.75) is 20.3 Å². The molecule has 0 aliphatic heterocycles. The van der Waals surface area contributed by atoms with Gasteiger partial charge in [0, 0.05) is 12.9 Å². The lowest BCUT2D eigenvalue weighted by Gasteiger charge is -2.02. The van der Waals surface area contributed by atoms with E-state index in [9.17, 15) is 4.79 Å². The third-order valence-corrected chi connectivity index (χ3v) is 1.94. The SMILES string of the molecule is Cc1cc(C)cc(CC(=O)OS)c1. The number of aryl methyl sites for hydroxylation is 2. The third kappa shape index (κ3) is 3.11. The molecule has 0 N–H and O–H groups in total. The lowest BCUT2D eigenvalue weighted by Crippen LogP contribution is -2.02. The van der Waals surface area contributed by atoms with E-state index in [2.05, 4.69) is 23.2 Å². The van der Waals surface area contributed by atoms with Gasteiger partial charge in [0.1, 0.15) is 0 Å². The fraction of sp³-hybridized carbons (Fsp3) is 0.300. The van der Waals surface area contributed by atoms with Gasteiger partial charge in [-0.3, -0.25) is 4.79 Å². The van der Waals surface area contributed by atoms with E-state index >= 15 is 0 Å². The van der Waals surface area contributed by atoms with E-state index in [0.717, 1.165) is 16.7 Å². The van der Waals surface area contributed by atoms with Crippen LogP contribution in [0.4, 0.5) is 0 Å². The summed E-state index contributed by atoms with van der Waals surface area (Å²) in [6.45, 7) is 4.01. The molecule has 0 saturated carbocycles. The van der Waals surface area contributed by atoms with Gasteiger partial charge in [-0.2, -0.15) is 0 Å². The van der Waals surface area contributed by atoms with Crippen LogP contribution in [0.2, 0.25) is 0 Å². The zero-order valence-corrected chi connectivity index (χ0v) is 8.60. The van der Waals surface area contributed by atoms with Crippen LogP contribution in [0.25, 0.3) is 0 Å². The van der Waals surface area contributed by atoms with Crippen LogP contribution in [0.5, 0.6) is 0 Å². The van der Waals surface area contributed by atoms with Gasteiger partial charge in [0.2, 0.25) is 0 Å². The Morgan fingerprint density at radius 2 is 1.85 bits per heavy atom. The molecular formula is C10H12O2S. The molecule has 0 spiro atoms. The summed E-state index contributed by atoms with van der Waals surface area (Å²) in [6.07, 6.45) is 0.284. The van der Waals surface area contributed by atoms with E-state index in [1.54, 1.807) is 0 Å². The Morgan fingerprint density at radius 1 is 1.31 bits per heavy atom. The average molecular weight is 196 g/mol. The summed E-state index contributed by atoms with van der Waals surface area (Å²) < 4.78 is 4.29. The largest absolute Gasteiger partial charge is 0.394 e. The van der Waals surface area contributed by atoms with Gasteiger partial charge < -0.3 is 4.18 Å². The van der Waals surface area contributed by atoms with E-state index in [-0.39, 0.29) is 12.4 Å². The molecule has 0 heterocycles. The van der Waals surface area contributed by atoms with Crippen molar-refractivity contribution in [1.29, 1.82) is 0 Å². The Balaban J connectivity index is 2.83. The van der Waals surface area contributed by atoms with Gasteiger partial charge in [0.05, 0.1) is 6.42 Å². The second kappa shape index (κ2) is 4.33. The molecule has 13 heavy (non-hydrogen) atoms. The Hall–Kier alpha value is -0.960. The highest BCUT2D eigenvalue weighted by molar-refractivity contribution is 7.75. The molecule has 0 saturated heterocycles. The molecule has 3 heteroatoms. The molecule has 0 aliphatic rings. The molecule has 2 nitrogen and oxygen atoms in total. The number of carbonyl (C=O) groups excluding carboxylic acids is 1. The van der Waals surface area contributed by atoms with Gasteiger partial charge in [-0.15, -0.1) is 0 Å². The van der Waals surface area contributed by atoms with Gasteiger partial charge in [-0.25, -0.2) is 0 Å². The highest BCUT2D eigenvalue weighted by Gasteiger charge is 2.03. The first kappa shape index (κ1) is 10.1. The second-order valence-electron chi connectivity index (χ2n) is 3.14. The summed E-state index contributed by atoms with van der Waals surface area (Å²) in [4.78, 5) is 10.9. The fourth-order valence-corrected chi connectivity index (χ4v) is 1.43. The molecule has 0 atom stereocenters. The minimum atomic E-state index is -0.326. The average Bonchev–Trinajstić information content (AvgIpc) is 2.02. The van der Waals surface area contributed by atoms with Crippen LogP contribution in [0.15, 0.2) is 18.2 Å². The number of benzene rings is 1. The Bertz CT molecular complexity index is 300. The van der Waals surface area contributed by atoms with Crippen molar-refractivity contribution >= 4 is 18.9 Å². The highest BCUT2D eigenvalue weighted by atomic mass is 32.1. The Labute approximate surface area is 83.5 Å². The summed E-state index contributed by atoms with van der Waals surface area (Å²) in [7, 11) is 0. The zero-order chi connectivity index (χ0) is 9.84. The molecule has 0 aliphatic carbocycles. The Morgan fingerprint density at radius 3 is 2.31 bits per heavy atom. The van der Waals surface area contributed by atoms with Gasteiger partial charge in [0.15, 0.2) is 0 Å². The number of thiol groups is 1. The number of carbonyl (C=O) groups is 1. The predicted molar refractivity (Wildman–Crippen MR) is 54.7 cm³/mol.